The minimum atomic E-state index is -3.35. The number of sulfonamides is 1. The van der Waals surface area contributed by atoms with E-state index in [2.05, 4.69) is 17.0 Å². The predicted molar refractivity (Wildman–Crippen MR) is 84.7 cm³/mol. The van der Waals surface area contributed by atoms with Crippen LogP contribution in [0.15, 0.2) is 16.3 Å². The molecule has 0 amide bonds. The Bertz CT molecular complexity index is 484. The van der Waals surface area contributed by atoms with Crippen molar-refractivity contribution >= 4 is 21.4 Å². The Kier molecular flexibility index (Phi) is 7.68. The topological polar surface area (TPSA) is 61.4 Å². The van der Waals surface area contributed by atoms with E-state index in [1.165, 1.54) is 11.3 Å². The molecule has 7 heteroatoms. The minimum Gasteiger partial charge on any atom is -0.312 e. The van der Waals surface area contributed by atoms with Crippen LogP contribution < -0.4 is 10.0 Å². The summed E-state index contributed by atoms with van der Waals surface area (Å²) >= 11 is 1.33. The van der Waals surface area contributed by atoms with Crippen LogP contribution in [0.5, 0.6) is 0 Å². The normalized spacial score (nSPS) is 12.2. The zero-order valence-electron chi connectivity index (χ0n) is 12.5. The van der Waals surface area contributed by atoms with Gasteiger partial charge in [0.1, 0.15) is 4.21 Å². The Morgan fingerprint density at radius 2 is 2.00 bits per heavy atom. The van der Waals surface area contributed by atoms with Gasteiger partial charge in [-0.15, -0.1) is 11.3 Å². The van der Waals surface area contributed by atoms with E-state index in [0.717, 1.165) is 37.4 Å². The summed E-state index contributed by atoms with van der Waals surface area (Å²) in [7, 11) is 0.605. The van der Waals surface area contributed by atoms with Crippen molar-refractivity contribution in [2.75, 3.05) is 33.7 Å². The molecule has 0 atom stereocenters. The summed E-state index contributed by atoms with van der Waals surface area (Å²) in [5, 5.41) is 3.27. The molecule has 1 aromatic heterocycles. The third-order valence-corrected chi connectivity index (χ3v) is 5.74. The van der Waals surface area contributed by atoms with Crippen molar-refractivity contribution in [2.24, 2.45) is 0 Å². The van der Waals surface area contributed by atoms with Crippen molar-refractivity contribution in [1.82, 2.24) is 14.9 Å². The molecule has 1 heterocycles. The van der Waals surface area contributed by atoms with Gasteiger partial charge in [-0.2, -0.15) is 0 Å². The number of nitrogens with zero attached hydrogens (tertiary/aromatic N) is 1. The molecule has 0 aliphatic carbocycles. The molecule has 0 saturated carbocycles. The van der Waals surface area contributed by atoms with Gasteiger partial charge in [-0.3, -0.25) is 0 Å². The van der Waals surface area contributed by atoms with Gasteiger partial charge < -0.3 is 10.2 Å². The Labute approximate surface area is 126 Å². The zero-order valence-corrected chi connectivity index (χ0v) is 14.1. The Hall–Kier alpha value is -0.470. The molecule has 0 fully saturated rings. The van der Waals surface area contributed by atoms with Crippen molar-refractivity contribution in [1.29, 1.82) is 0 Å². The highest BCUT2D eigenvalue weighted by molar-refractivity contribution is 7.91. The summed E-state index contributed by atoms with van der Waals surface area (Å²) in [4.78, 5) is 3.09. The van der Waals surface area contributed by atoms with Gasteiger partial charge in [0.25, 0.3) is 0 Å². The van der Waals surface area contributed by atoms with E-state index in [9.17, 15) is 8.42 Å². The van der Waals surface area contributed by atoms with Crippen LogP contribution in [0.3, 0.4) is 0 Å². The maximum atomic E-state index is 12.1. The molecule has 1 aromatic rings. The number of nitrogens with one attached hydrogen (secondary N) is 2. The lowest BCUT2D eigenvalue weighted by Crippen LogP contribution is -2.26. The first-order valence-electron chi connectivity index (χ1n) is 6.89. The van der Waals surface area contributed by atoms with Crippen LogP contribution in [0.1, 0.15) is 24.6 Å². The van der Waals surface area contributed by atoms with Crippen LogP contribution in [0.25, 0.3) is 0 Å². The summed E-state index contributed by atoms with van der Waals surface area (Å²) in [5.74, 6) is 0. The first-order valence-corrected chi connectivity index (χ1v) is 9.19. The monoisotopic (exact) mass is 319 g/mol. The quantitative estimate of drug-likeness (QED) is 0.641. The molecule has 0 aliphatic rings. The van der Waals surface area contributed by atoms with Crippen molar-refractivity contribution < 1.29 is 8.42 Å². The second-order valence-electron chi connectivity index (χ2n) is 4.95. The SMILES string of the molecule is CCCNCc1ccc(S(=O)(=O)NCCCN(C)C)s1. The summed E-state index contributed by atoms with van der Waals surface area (Å²) in [6.07, 6.45) is 1.88. The third kappa shape index (κ3) is 6.32. The fourth-order valence-corrected chi connectivity index (χ4v) is 4.10. The van der Waals surface area contributed by atoms with Crippen LogP contribution in [-0.2, 0) is 16.6 Å². The molecule has 0 spiro atoms. The van der Waals surface area contributed by atoms with E-state index in [1.807, 2.05) is 25.1 Å². The van der Waals surface area contributed by atoms with Gasteiger partial charge in [-0.05, 0) is 52.2 Å². The first kappa shape index (κ1) is 17.6. The largest absolute Gasteiger partial charge is 0.312 e. The Morgan fingerprint density at radius 3 is 2.65 bits per heavy atom. The fraction of sp³-hybridized carbons (Fsp3) is 0.692. The average Bonchev–Trinajstić information content (AvgIpc) is 2.84. The van der Waals surface area contributed by atoms with Gasteiger partial charge in [-0.25, -0.2) is 13.1 Å². The van der Waals surface area contributed by atoms with E-state index in [0.29, 0.717) is 10.8 Å². The van der Waals surface area contributed by atoms with E-state index in [4.69, 9.17) is 0 Å². The maximum absolute atomic E-state index is 12.1. The number of hydrogen-bond donors (Lipinski definition) is 2. The fourth-order valence-electron chi connectivity index (χ4n) is 1.66. The molecule has 0 saturated heterocycles. The van der Waals surface area contributed by atoms with Gasteiger partial charge in [0.15, 0.2) is 0 Å². The second-order valence-corrected chi connectivity index (χ2v) is 8.11. The molecular formula is C13H25N3O2S2. The van der Waals surface area contributed by atoms with Gasteiger partial charge in [-0.1, -0.05) is 6.92 Å². The molecule has 1 rings (SSSR count). The lowest BCUT2D eigenvalue weighted by molar-refractivity contribution is 0.400. The molecule has 5 nitrogen and oxygen atoms in total. The van der Waals surface area contributed by atoms with Crippen LogP contribution in [0, 0.1) is 0 Å². The summed E-state index contributed by atoms with van der Waals surface area (Å²) in [5.41, 5.74) is 0. The van der Waals surface area contributed by atoms with Crippen LogP contribution in [0.4, 0.5) is 0 Å². The van der Waals surface area contributed by atoms with Crippen molar-refractivity contribution in [3.63, 3.8) is 0 Å². The number of rotatable bonds is 10. The Balaban J connectivity index is 2.46. The molecule has 20 heavy (non-hydrogen) atoms. The summed E-state index contributed by atoms with van der Waals surface area (Å²) in [6, 6.07) is 3.56. The van der Waals surface area contributed by atoms with E-state index >= 15 is 0 Å². The molecule has 0 bridgehead atoms. The highest BCUT2D eigenvalue weighted by Crippen LogP contribution is 2.21. The summed E-state index contributed by atoms with van der Waals surface area (Å²) in [6.45, 7) is 5.13. The van der Waals surface area contributed by atoms with Gasteiger partial charge >= 0.3 is 0 Å². The smallest absolute Gasteiger partial charge is 0.250 e. The second kappa shape index (κ2) is 8.74. The van der Waals surface area contributed by atoms with Gasteiger partial charge in [0.2, 0.25) is 10.0 Å². The van der Waals surface area contributed by atoms with E-state index in [1.54, 1.807) is 6.07 Å². The van der Waals surface area contributed by atoms with E-state index in [-0.39, 0.29) is 0 Å². The lowest BCUT2D eigenvalue weighted by Gasteiger charge is -2.09. The highest BCUT2D eigenvalue weighted by atomic mass is 32.2. The molecule has 0 aromatic carbocycles. The maximum Gasteiger partial charge on any atom is 0.250 e. The lowest BCUT2D eigenvalue weighted by atomic mass is 10.4. The van der Waals surface area contributed by atoms with Gasteiger partial charge in [0.05, 0.1) is 0 Å². The van der Waals surface area contributed by atoms with Crippen molar-refractivity contribution in [3.05, 3.63) is 17.0 Å². The third-order valence-electron chi connectivity index (χ3n) is 2.70. The van der Waals surface area contributed by atoms with Crippen LogP contribution in [-0.4, -0.2) is 47.0 Å². The number of thiophene rings is 1. The average molecular weight is 319 g/mol. The molecule has 116 valence electrons. The molecule has 0 radical (unpaired) electrons. The standard InChI is InChI=1S/C13H25N3O2S2/c1-4-8-14-11-12-6-7-13(19-12)20(17,18)15-9-5-10-16(2)3/h6-7,14-15H,4-5,8-11H2,1-3H3. The molecule has 2 N–H and O–H groups in total. The van der Waals surface area contributed by atoms with E-state index < -0.39 is 10.0 Å². The zero-order chi connectivity index (χ0) is 15.0. The predicted octanol–water partition coefficient (Wildman–Crippen LogP) is 1.48. The molecule has 0 unspecified atom stereocenters. The highest BCUT2D eigenvalue weighted by Gasteiger charge is 2.15. The van der Waals surface area contributed by atoms with Crippen molar-refractivity contribution in [2.45, 2.75) is 30.5 Å². The van der Waals surface area contributed by atoms with Crippen LogP contribution >= 0.6 is 11.3 Å². The van der Waals surface area contributed by atoms with Crippen LogP contribution in [0.2, 0.25) is 0 Å². The van der Waals surface area contributed by atoms with Crippen molar-refractivity contribution in [3.8, 4) is 0 Å². The molecule has 0 aliphatic heterocycles. The van der Waals surface area contributed by atoms with Gasteiger partial charge in [0, 0.05) is 18.0 Å². The molecular weight excluding hydrogens is 294 g/mol. The summed E-state index contributed by atoms with van der Waals surface area (Å²) < 4.78 is 27.2. The number of hydrogen-bond acceptors (Lipinski definition) is 5. The minimum absolute atomic E-state index is 0.399. The Morgan fingerprint density at radius 1 is 1.25 bits per heavy atom. The first-order chi connectivity index (χ1) is 9.45.